The van der Waals surface area contributed by atoms with Gasteiger partial charge in [-0.25, -0.2) is 0 Å². The van der Waals surface area contributed by atoms with Crippen LogP contribution in [-0.4, -0.2) is 29.7 Å². The Balaban J connectivity index is 1.50. The Labute approximate surface area is 176 Å². The molecule has 3 rings (SSSR count). The standard InChI is InChI=1S/C23H23N3O2S/c1-26(23(29)24-16-18-10-4-2-5-11-18)25-22(27)17-28-21-15-9-8-14-20(21)19-12-6-3-7-13-19/h2-15H,16-17H2,1H3,(H,24,29)(H,25,27). The largest absolute Gasteiger partial charge is 0.483 e. The van der Waals surface area contributed by atoms with E-state index in [2.05, 4.69) is 10.7 Å². The number of hydrazine groups is 1. The average Bonchev–Trinajstić information content (AvgIpc) is 2.77. The molecular weight excluding hydrogens is 382 g/mol. The van der Waals surface area contributed by atoms with Gasteiger partial charge in [0.1, 0.15) is 5.75 Å². The fourth-order valence-corrected chi connectivity index (χ4v) is 2.87. The number of para-hydroxylation sites is 1. The second kappa shape index (κ2) is 10.2. The molecule has 0 bridgehead atoms. The van der Waals surface area contributed by atoms with Crippen molar-refractivity contribution in [2.75, 3.05) is 13.7 Å². The Kier molecular flexibility index (Phi) is 7.19. The predicted molar refractivity (Wildman–Crippen MR) is 119 cm³/mol. The lowest BCUT2D eigenvalue weighted by Crippen LogP contribution is -2.49. The van der Waals surface area contributed by atoms with Gasteiger partial charge in [0.05, 0.1) is 0 Å². The van der Waals surface area contributed by atoms with Crippen LogP contribution < -0.4 is 15.5 Å². The predicted octanol–water partition coefficient (Wildman–Crippen LogP) is 3.77. The summed E-state index contributed by atoms with van der Waals surface area (Å²) in [6, 6.07) is 27.5. The summed E-state index contributed by atoms with van der Waals surface area (Å²) < 4.78 is 5.76. The van der Waals surface area contributed by atoms with Crippen LogP contribution in [0.1, 0.15) is 5.56 Å². The van der Waals surface area contributed by atoms with Gasteiger partial charge in [0, 0.05) is 19.2 Å². The van der Waals surface area contributed by atoms with Gasteiger partial charge in [-0.05, 0) is 29.4 Å². The zero-order valence-electron chi connectivity index (χ0n) is 16.2. The lowest BCUT2D eigenvalue weighted by molar-refractivity contribution is -0.126. The molecule has 0 aliphatic carbocycles. The Bertz CT molecular complexity index is 949. The number of thiocarbonyl (C=S) groups is 1. The van der Waals surface area contributed by atoms with E-state index in [9.17, 15) is 4.79 Å². The van der Waals surface area contributed by atoms with Gasteiger partial charge in [-0.3, -0.25) is 15.2 Å². The first-order valence-electron chi connectivity index (χ1n) is 9.25. The van der Waals surface area contributed by atoms with E-state index in [1.165, 1.54) is 5.01 Å². The number of nitrogens with zero attached hydrogens (tertiary/aromatic N) is 1. The summed E-state index contributed by atoms with van der Waals surface area (Å²) in [5.41, 5.74) is 5.79. The van der Waals surface area contributed by atoms with Crippen molar-refractivity contribution in [3.63, 3.8) is 0 Å². The summed E-state index contributed by atoms with van der Waals surface area (Å²) in [7, 11) is 1.69. The van der Waals surface area contributed by atoms with Gasteiger partial charge in [-0.15, -0.1) is 0 Å². The van der Waals surface area contributed by atoms with Crippen LogP contribution in [0.15, 0.2) is 84.9 Å². The molecule has 0 saturated carbocycles. The maximum Gasteiger partial charge on any atom is 0.276 e. The highest BCUT2D eigenvalue weighted by molar-refractivity contribution is 7.80. The van der Waals surface area contributed by atoms with E-state index in [0.29, 0.717) is 17.4 Å². The minimum absolute atomic E-state index is 0.116. The van der Waals surface area contributed by atoms with Gasteiger partial charge in [0.15, 0.2) is 11.7 Å². The third-order valence-corrected chi connectivity index (χ3v) is 4.63. The molecule has 5 nitrogen and oxygen atoms in total. The molecule has 0 saturated heterocycles. The zero-order valence-corrected chi connectivity index (χ0v) is 17.0. The van der Waals surface area contributed by atoms with E-state index in [-0.39, 0.29) is 12.5 Å². The van der Waals surface area contributed by atoms with Crippen LogP contribution in [0.3, 0.4) is 0 Å². The van der Waals surface area contributed by atoms with Crippen LogP contribution in [0, 0.1) is 0 Å². The SMILES string of the molecule is CN(NC(=O)COc1ccccc1-c1ccccc1)C(=S)NCc1ccccc1. The molecule has 0 fully saturated rings. The van der Waals surface area contributed by atoms with Crippen LogP contribution >= 0.6 is 12.2 Å². The topological polar surface area (TPSA) is 53.6 Å². The van der Waals surface area contributed by atoms with Gasteiger partial charge < -0.3 is 10.1 Å². The molecule has 0 heterocycles. The number of hydrogen-bond acceptors (Lipinski definition) is 3. The van der Waals surface area contributed by atoms with E-state index in [0.717, 1.165) is 16.7 Å². The molecule has 6 heteroatoms. The van der Waals surface area contributed by atoms with E-state index < -0.39 is 0 Å². The molecule has 0 aromatic heterocycles. The first-order chi connectivity index (χ1) is 14.1. The number of rotatable bonds is 6. The molecule has 148 valence electrons. The number of nitrogens with one attached hydrogen (secondary N) is 2. The second-order valence-corrected chi connectivity index (χ2v) is 6.78. The van der Waals surface area contributed by atoms with Crippen molar-refractivity contribution in [1.29, 1.82) is 0 Å². The molecule has 1 amide bonds. The van der Waals surface area contributed by atoms with Gasteiger partial charge >= 0.3 is 0 Å². The number of hydrogen-bond donors (Lipinski definition) is 2. The van der Waals surface area contributed by atoms with E-state index >= 15 is 0 Å². The normalized spacial score (nSPS) is 10.1. The highest BCUT2D eigenvalue weighted by Gasteiger charge is 2.11. The zero-order chi connectivity index (χ0) is 20.5. The number of benzene rings is 3. The van der Waals surface area contributed by atoms with Crippen LogP contribution in [0.2, 0.25) is 0 Å². The first-order valence-corrected chi connectivity index (χ1v) is 9.66. The van der Waals surface area contributed by atoms with Crippen LogP contribution in [-0.2, 0) is 11.3 Å². The van der Waals surface area contributed by atoms with E-state index in [1.54, 1.807) is 7.05 Å². The fraction of sp³-hybridized carbons (Fsp3) is 0.130. The molecule has 0 atom stereocenters. The smallest absolute Gasteiger partial charge is 0.276 e. The van der Waals surface area contributed by atoms with Crippen molar-refractivity contribution in [3.8, 4) is 16.9 Å². The fourth-order valence-electron chi connectivity index (χ4n) is 2.75. The van der Waals surface area contributed by atoms with Crippen LogP contribution in [0.4, 0.5) is 0 Å². The number of carbonyl (C=O) groups excluding carboxylic acids is 1. The number of ether oxygens (including phenoxy) is 1. The molecule has 3 aromatic carbocycles. The monoisotopic (exact) mass is 405 g/mol. The summed E-state index contributed by atoms with van der Waals surface area (Å²) in [5, 5.41) is 5.01. The van der Waals surface area contributed by atoms with Crippen LogP contribution in [0.5, 0.6) is 5.75 Å². The van der Waals surface area contributed by atoms with Gasteiger partial charge in [-0.2, -0.15) is 0 Å². The third-order valence-electron chi connectivity index (χ3n) is 4.21. The summed E-state index contributed by atoms with van der Waals surface area (Å²) in [6.07, 6.45) is 0. The summed E-state index contributed by atoms with van der Waals surface area (Å²) in [4.78, 5) is 12.3. The molecule has 0 radical (unpaired) electrons. The summed E-state index contributed by atoms with van der Waals surface area (Å²) >= 11 is 5.32. The molecular formula is C23H23N3O2S. The van der Waals surface area contributed by atoms with Crippen molar-refractivity contribution >= 4 is 23.2 Å². The Morgan fingerprint density at radius 1 is 0.931 bits per heavy atom. The molecule has 0 aliphatic rings. The van der Waals surface area contributed by atoms with Crippen LogP contribution in [0.25, 0.3) is 11.1 Å². The molecule has 3 aromatic rings. The lowest BCUT2D eigenvalue weighted by Gasteiger charge is -2.22. The Hall–Kier alpha value is -3.38. The van der Waals surface area contributed by atoms with Crippen molar-refractivity contribution < 1.29 is 9.53 Å². The average molecular weight is 406 g/mol. The van der Waals surface area contributed by atoms with Gasteiger partial charge in [-0.1, -0.05) is 78.9 Å². The Morgan fingerprint density at radius 3 is 2.28 bits per heavy atom. The molecule has 2 N–H and O–H groups in total. The van der Waals surface area contributed by atoms with Crippen molar-refractivity contribution in [2.45, 2.75) is 6.54 Å². The third kappa shape index (κ3) is 6.05. The lowest BCUT2D eigenvalue weighted by atomic mass is 10.1. The van der Waals surface area contributed by atoms with E-state index in [4.69, 9.17) is 17.0 Å². The van der Waals surface area contributed by atoms with Crippen molar-refractivity contribution in [3.05, 3.63) is 90.5 Å². The highest BCUT2D eigenvalue weighted by Crippen LogP contribution is 2.29. The molecule has 0 aliphatic heterocycles. The Morgan fingerprint density at radius 2 is 1.55 bits per heavy atom. The van der Waals surface area contributed by atoms with Gasteiger partial charge in [0.25, 0.3) is 5.91 Å². The van der Waals surface area contributed by atoms with E-state index in [1.807, 2.05) is 84.9 Å². The molecule has 0 spiro atoms. The van der Waals surface area contributed by atoms with Crippen molar-refractivity contribution in [1.82, 2.24) is 15.8 Å². The quantitative estimate of drug-likeness (QED) is 0.483. The highest BCUT2D eigenvalue weighted by atomic mass is 32.1. The molecule has 29 heavy (non-hydrogen) atoms. The summed E-state index contributed by atoms with van der Waals surface area (Å²) in [5.74, 6) is 0.362. The second-order valence-electron chi connectivity index (χ2n) is 6.39. The number of carbonyl (C=O) groups is 1. The minimum atomic E-state index is -0.292. The minimum Gasteiger partial charge on any atom is -0.483 e. The first kappa shape index (κ1) is 20.4. The molecule has 0 unspecified atom stereocenters. The van der Waals surface area contributed by atoms with Gasteiger partial charge in [0.2, 0.25) is 0 Å². The van der Waals surface area contributed by atoms with Crippen molar-refractivity contribution in [2.24, 2.45) is 0 Å². The number of amides is 1. The maximum atomic E-state index is 12.3. The summed E-state index contributed by atoms with van der Waals surface area (Å²) in [6.45, 7) is 0.469. The maximum absolute atomic E-state index is 12.3.